The first kappa shape index (κ1) is 28.3. The zero-order chi connectivity index (χ0) is 22.4. The smallest absolute Gasteiger partial charge is 0.748 e. The number of hydrogen-bond acceptors (Lipinski definition) is 7. The van der Waals surface area contributed by atoms with E-state index >= 15 is 0 Å². The fraction of sp³-hybridized carbons (Fsp3) is 0.435. The summed E-state index contributed by atoms with van der Waals surface area (Å²) >= 11 is 0. The second-order valence-electron chi connectivity index (χ2n) is 7.29. The average molecular weight is 466 g/mol. The minimum Gasteiger partial charge on any atom is -0.748 e. The SMILES string of the molecule is N#Cc1ccc(N=Nc2ccc(OCCCCCCCCCCS(=O)(=O)[O-])cc2)cc1.[Na+]. The van der Waals surface area contributed by atoms with Gasteiger partial charge in [-0.2, -0.15) is 15.5 Å². The van der Waals surface area contributed by atoms with Crippen LogP contribution >= 0.6 is 0 Å². The molecule has 2 rings (SSSR count). The van der Waals surface area contributed by atoms with Crippen LogP contribution in [0.5, 0.6) is 5.75 Å². The van der Waals surface area contributed by atoms with Gasteiger partial charge < -0.3 is 9.29 Å². The van der Waals surface area contributed by atoms with Crippen LogP contribution in [0.25, 0.3) is 0 Å². The molecule has 0 N–H and O–H groups in total. The number of nitrogens with zero attached hydrogens (tertiary/aromatic N) is 3. The second kappa shape index (κ2) is 15.9. The number of rotatable bonds is 14. The van der Waals surface area contributed by atoms with Gasteiger partial charge in [0.05, 0.1) is 39.7 Å². The third kappa shape index (κ3) is 12.9. The van der Waals surface area contributed by atoms with Crippen molar-refractivity contribution in [3.63, 3.8) is 0 Å². The maximum absolute atomic E-state index is 10.5. The van der Waals surface area contributed by atoms with Crippen LogP contribution in [0.15, 0.2) is 58.8 Å². The Bertz CT molecular complexity index is 956. The van der Waals surface area contributed by atoms with Crippen molar-refractivity contribution in [1.29, 1.82) is 5.26 Å². The Kier molecular flexibility index (Phi) is 14.1. The van der Waals surface area contributed by atoms with Crippen molar-refractivity contribution < 1.29 is 47.3 Å². The first-order valence-corrected chi connectivity index (χ1v) is 12.1. The van der Waals surface area contributed by atoms with Crippen LogP contribution < -0.4 is 34.3 Å². The number of ether oxygens (including phenoxy) is 1. The van der Waals surface area contributed by atoms with Crippen LogP contribution in [-0.4, -0.2) is 25.3 Å². The van der Waals surface area contributed by atoms with E-state index in [1.54, 1.807) is 24.3 Å². The van der Waals surface area contributed by atoms with Gasteiger partial charge in [0.15, 0.2) is 0 Å². The van der Waals surface area contributed by atoms with E-state index in [1.165, 1.54) is 0 Å². The maximum atomic E-state index is 10.5. The molecule has 7 nitrogen and oxygen atoms in total. The van der Waals surface area contributed by atoms with Gasteiger partial charge in [-0.15, -0.1) is 0 Å². The van der Waals surface area contributed by atoms with Crippen LogP contribution in [-0.2, 0) is 10.1 Å². The predicted octanol–water partition coefficient (Wildman–Crippen LogP) is 3.02. The van der Waals surface area contributed by atoms with Crippen LogP contribution in [0.3, 0.4) is 0 Å². The first-order chi connectivity index (χ1) is 15.0. The van der Waals surface area contributed by atoms with Crippen molar-refractivity contribution in [3.8, 4) is 11.8 Å². The Balaban J connectivity index is 0.00000512. The van der Waals surface area contributed by atoms with Gasteiger partial charge in [-0.05, 0) is 61.4 Å². The van der Waals surface area contributed by atoms with Crippen molar-refractivity contribution in [2.45, 2.75) is 51.4 Å². The molecule has 0 atom stereocenters. The van der Waals surface area contributed by atoms with Gasteiger partial charge in [-0.1, -0.05) is 38.5 Å². The molecular formula is C23H28N3NaO4S. The summed E-state index contributed by atoms with van der Waals surface area (Å²) in [6, 6.07) is 16.4. The summed E-state index contributed by atoms with van der Waals surface area (Å²) in [5.41, 5.74) is 2.01. The Morgan fingerprint density at radius 3 is 1.75 bits per heavy atom. The van der Waals surface area contributed by atoms with E-state index < -0.39 is 10.1 Å². The third-order valence-electron chi connectivity index (χ3n) is 4.67. The van der Waals surface area contributed by atoms with Crippen molar-refractivity contribution in [2.24, 2.45) is 10.2 Å². The third-order valence-corrected chi connectivity index (χ3v) is 5.46. The Morgan fingerprint density at radius 1 is 0.781 bits per heavy atom. The van der Waals surface area contributed by atoms with Gasteiger partial charge in [-0.25, -0.2) is 8.42 Å². The minimum absolute atomic E-state index is 0. The van der Waals surface area contributed by atoms with Crippen LogP contribution in [0.2, 0.25) is 0 Å². The van der Waals surface area contributed by atoms with E-state index in [1.807, 2.05) is 24.3 Å². The van der Waals surface area contributed by atoms with Gasteiger partial charge in [0.1, 0.15) is 5.75 Å². The van der Waals surface area contributed by atoms with E-state index in [-0.39, 0.29) is 35.3 Å². The van der Waals surface area contributed by atoms with E-state index in [0.29, 0.717) is 24.3 Å². The standard InChI is InChI=1S/C23H29N3O4S.Na/c24-19-20-9-11-21(12-10-20)25-26-22-13-15-23(16-14-22)30-17-7-5-3-1-2-4-6-8-18-31(27,28)29;/h9-16H,1-8,17-18H2,(H,27,28,29);/q;+1/p-1. The molecule has 0 bridgehead atoms. The Hall–Kier alpha value is -1.76. The zero-order valence-corrected chi connectivity index (χ0v) is 21.4. The molecule has 0 heterocycles. The molecule has 0 saturated carbocycles. The maximum Gasteiger partial charge on any atom is 1.00 e. The summed E-state index contributed by atoms with van der Waals surface area (Å²) in [5, 5.41) is 17.1. The van der Waals surface area contributed by atoms with Crippen molar-refractivity contribution in [3.05, 3.63) is 54.1 Å². The first-order valence-electron chi connectivity index (χ1n) is 10.5. The molecule has 166 valence electrons. The fourth-order valence-electron chi connectivity index (χ4n) is 2.96. The summed E-state index contributed by atoms with van der Waals surface area (Å²) in [5.74, 6) is 0.552. The molecule has 0 aliphatic carbocycles. The molecule has 0 spiro atoms. The topological polar surface area (TPSA) is 115 Å². The van der Waals surface area contributed by atoms with Crippen LogP contribution in [0.1, 0.15) is 56.9 Å². The normalized spacial score (nSPS) is 11.1. The summed E-state index contributed by atoms with van der Waals surface area (Å²) in [6.07, 6.45) is 7.61. The molecular weight excluding hydrogens is 437 g/mol. The number of hydrogen-bond donors (Lipinski definition) is 0. The molecule has 9 heteroatoms. The monoisotopic (exact) mass is 465 g/mol. The molecule has 0 aliphatic heterocycles. The molecule has 32 heavy (non-hydrogen) atoms. The molecule has 2 aromatic carbocycles. The molecule has 0 radical (unpaired) electrons. The fourth-order valence-corrected chi connectivity index (χ4v) is 3.52. The Morgan fingerprint density at radius 2 is 1.25 bits per heavy atom. The van der Waals surface area contributed by atoms with Gasteiger partial charge in [-0.3, -0.25) is 0 Å². The molecule has 0 fully saturated rings. The minimum atomic E-state index is -4.06. The van der Waals surface area contributed by atoms with Crippen LogP contribution in [0, 0.1) is 11.3 Å². The number of benzene rings is 2. The largest absolute Gasteiger partial charge is 1.00 e. The number of nitriles is 1. The Labute approximate surface area is 212 Å². The summed E-state index contributed by atoms with van der Waals surface area (Å²) in [7, 11) is -4.06. The van der Waals surface area contributed by atoms with E-state index in [4.69, 9.17) is 10.00 Å². The quantitative estimate of drug-likeness (QED) is 0.184. The van der Waals surface area contributed by atoms with Gasteiger partial charge in [0, 0.05) is 5.75 Å². The number of unbranched alkanes of at least 4 members (excludes halogenated alkanes) is 7. The molecule has 0 amide bonds. The molecule has 0 saturated heterocycles. The second-order valence-corrected chi connectivity index (χ2v) is 8.81. The summed E-state index contributed by atoms with van der Waals surface area (Å²) < 4.78 is 37.3. The van der Waals surface area contributed by atoms with Gasteiger partial charge in [0.25, 0.3) is 0 Å². The average Bonchev–Trinajstić information content (AvgIpc) is 2.76. The molecule has 0 aliphatic rings. The van der Waals surface area contributed by atoms with Crippen molar-refractivity contribution in [2.75, 3.05) is 12.4 Å². The predicted molar refractivity (Wildman–Crippen MR) is 119 cm³/mol. The van der Waals surface area contributed by atoms with Gasteiger partial charge >= 0.3 is 29.6 Å². The molecule has 0 aromatic heterocycles. The van der Waals surface area contributed by atoms with Crippen molar-refractivity contribution >= 4 is 21.5 Å². The van der Waals surface area contributed by atoms with E-state index in [9.17, 15) is 13.0 Å². The van der Waals surface area contributed by atoms with Crippen molar-refractivity contribution in [1.82, 2.24) is 0 Å². The summed E-state index contributed by atoms with van der Waals surface area (Å²) in [4.78, 5) is 0. The zero-order valence-electron chi connectivity index (χ0n) is 18.6. The van der Waals surface area contributed by atoms with E-state index in [0.717, 1.165) is 56.4 Å². The number of azo groups is 1. The summed E-state index contributed by atoms with van der Waals surface area (Å²) in [6.45, 7) is 0.660. The van der Waals surface area contributed by atoms with Gasteiger partial charge in [0.2, 0.25) is 0 Å². The molecule has 0 unspecified atom stereocenters. The molecule has 2 aromatic rings. The van der Waals surface area contributed by atoms with Crippen LogP contribution in [0.4, 0.5) is 11.4 Å². The van der Waals surface area contributed by atoms with E-state index in [2.05, 4.69) is 16.3 Å².